The summed E-state index contributed by atoms with van der Waals surface area (Å²) in [6.07, 6.45) is 3.38. The fraction of sp³-hybridized carbons (Fsp3) is 0.364. The number of aryl methyl sites for hydroxylation is 1. The van der Waals surface area contributed by atoms with Crippen molar-refractivity contribution in [3.63, 3.8) is 0 Å². The zero-order valence-electron chi connectivity index (χ0n) is 8.97. The van der Waals surface area contributed by atoms with Gasteiger partial charge < -0.3 is 0 Å². The van der Waals surface area contributed by atoms with E-state index < -0.39 is 9.84 Å². The van der Waals surface area contributed by atoms with E-state index in [1.54, 1.807) is 25.1 Å². The van der Waals surface area contributed by atoms with Gasteiger partial charge in [-0.05, 0) is 26.0 Å². The van der Waals surface area contributed by atoms with Crippen molar-refractivity contribution in [3.05, 3.63) is 41.7 Å². The third kappa shape index (κ3) is 4.25. The molecule has 1 aromatic rings. The van der Waals surface area contributed by atoms with E-state index in [2.05, 4.69) is 4.98 Å². The maximum Gasteiger partial charge on any atom is 0.159 e. The molecule has 0 N–H and O–H groups in total. The molecule has 1 aromatic heterocycles. The molecule has 0 atom stereocenters. The molecular formula is C11H15NO2S. The summed E-state index contributed by atoms with van der Waals surface area (Å²) in [6.45, 7) is 3.66. The van der Waals surface area contributed by atoms with Crippen LogP contribution in [0.4, 0.5) is 0 Å². The highest BCUT2D eigenvalue weighted by Gasteiger charge is 2.10. The molecule has 3 nitrogen and oxygen atoms in total. The average molecular weight is 225 g/mol. The van der Waals surface area contributed by atoms with E-state index in [0.29, 0.717) is 5.69 Å². The standard InChI is InChI=1S/C11H15NO2S/c1-3-4-8-15(13,14)9-11-7-5-6-10(2)12-11/h3-7H,8-9H2,1-2H3. The van der Waals surface area contributed by atoms with Gasteiger partial charge in [0.25, 0.3) is 0 Å². The fourth-order valence-electron chi connectivity index (χ4n) is 1.21. The summed E-state index contributed by atoms with van der Waals surface area (Å²) < 4.78 is 23.2. The van der Waals surface area contributed by atoms with E-state index in [4.69, 9.17) is 0 Å². The summed E-state index contributed by atoms with van der Waals surface area (Å²) in [5.41, 5.74) is 1.45. The first-order chi connectivity index (χ1) is 7.03. The molecule has 0 bridgehead atoms. The number of hydrogen-bond donors (Lipinski definition) is 0. The van der Waals surface area contributed by atoms with Crippen LogP contribution in [-0.4, -0.2) is 19.2 Å². The molecule has 0 spiro atoms. The fourth-order valence-corrected chi connectivity index (χ4v) is 2.42. The van der Waals surface area contributed by atoms with Crippen LogP contribution in [0.15, 0.2) is 30.4 Å². The zero-order chi connectivity index (χ0) is 11.3. The van der Waals surface area contributed by atoms with Gasteiger partial charge in [0, 0.05) is 5.69 Å². The lowest BCUT2D eigenvalue weighted by Gasteiger charge is -2.01. The van der Waals surface area contributed by atoms with Crippen molar-refractivity contribution in [2.45, 2.75) is 19.6 Å². The number of aromatic nitrogens is 1. The number of pyridine rings is 1. The summed E-state index contributed by atoms with van der Waals surface area (Å²) in [5.74, 6) is 0.0954. The Morgan fingerprint density at radius 2 is 2.13 bits per heavy atom. The van der Waals surface area contributed by atoms with Gasteiger partial charge in [0.05, 0.1) is 17.2 Å². The molecule has 0 saturated heterocycles. The molecule has 0 unspecified atom stereocenters. The van der Waals surface area contributed by atoms with Gasteiger partial charge in [0.1, 0.15) is 0 Å². The molecule has 0 aliphatic rings. The third-order valence-corrected chi connectivity index (χ3v) is 3.34. The quantitative estimate of drug-likeness (QED) is 0.735. The lowest BCUT2D eigenvalue weighted by molar-refractivity contribution is 0.597. The predicted octanol–water partition coefficient (Wildman–Crippen LogP) is 1.88. The highest BCUT2D eigenvalue weighted by Crippen LogP contribution is 2.05. The van der Waals surface area contributed by atoms with Crippen molar-refractivity contribution >= 4 is 9.84 Å². The molecule has 0 amide bonds. The largest absolute Gasteiger partial charge is 0.257 e. The molecule has 0 saturated carbocycles. The topological polar surface area (TPSA) is 47.0 Å². The Morgan fingerprint density at radius 3 is 2.73 bits per heavy atom. The maximum absolute atomic E-state index is 11.6. The van der Waals surface area contributed by atoms with Crippen molar-refractivity contribution in [3.8, 4) is 0 Å². The van der Waals surface area contributed by atoms with Crippen LogP contribution in [-0.2, 0) is 15.6 Å². The van der Waals surface area contributed by atoms with Crippen LogP contribution in [0.2, 0.25) is 0 Å². The minimum Gasteiger partial charge on any atom is -0.257 e. The van der Waals surface area contributed by atoms with Crippen molar-refractivity contribution in [1.82, 2.24) is 4.98 Å². The van der Waals surface area contributed by atoms with E-state index >= 15 is 0 Å². The first kappa shape index (κ1) is 11.9. The molecule has 0 radical (unpaired) electrons. The highest BCUT2D eigenvalue weighted by molar-refractivity contribution is 7.90. The number of allylic oxidation sites excluding steroid dienone is 1. The second-order valence-electron chi connectivity index (χ2n) is 3.39. The number of nitrogens with zero attached hydrogens (tertiary/aromatic N) is 1. The Labute approximate surface area is 90.8 Å². The normalized spacial score (nSPS) is 12.1. The van der Waals surface area contributed by atoms with E-state index in [-0.39, 0.29) is 11.5 Å². The smallest absolute Gasteiger partial charge is 0.159 e. The van der Waals surface area contributed by atoms with Gasteiger partial charge in [-0.25, -0.2) is 8.42 Å². The van der Waals surface area contributed by atoms with Crippen LogP contribution in [0.3, 0.4) is 0 Å². The maximum atomic E-state index is 11.6. The summed E-state index contributed by atoms with van der Waals surface area (Å²) in [7, 11) is -3.06. The Morgan fingerprint density at radius 1 is 1.40 bits per heavy atom. The SMILES string of the molecule is CC=CCS(=O)(=O)Cc1cccc(C)n1. The monoisotopic (exact) mass is 225 g/mol. The minimum absolute atomic E-state index is 0.0129. The predicted molar refractivity (Wildman–Crippen MR) is 61.3 cm³/mol. The van der Waals surface area contributed by atoms with Gasteiger partial charge in [0.15, 0.2) is 9.84 Å². The zero-order valence-corrected chi connectivity index (χ0v) is 9.79. The summed E-state index contributed by atoms with van der Waals surface area (Å²) >= 11 is 0. The molecule has 1 heterocycles. The van der Waals surface area contributed by atoms with E-state index in [9.17, 15) is 8.42 Å². The molecule has 15 heavy (non-hydrogen) atoms. The van der Waals surface area contributed by atoms with Crippen LogP contribution in [0.1, 0.15) is 18.3 Å². The van der Waals surface area contributed by atoms with Crippen LogP contribution in [0, 0.1) is 6.92 Å². The molecule has 0 aromatic carbocycles. The van der Waals surface area contributed by atoms with Crippen LogP contribution >= 0.6 is 0 Å². The lowest BCUT2D eigenvalue weighted by Crippen LogP contribution is -2.08. The molecule has 4 heteroatoms. The van der Waals surface area contributed by atoms with E-state index in [0.717, 1.165) is 5.69 Å². The van der Waals surface area contributed by atoms with Gasteiger partial charge in [-0.1, -0.05) is 18.2 Å². The second-order valence-corrected chi connectivity index (χ2v) is 5.50. The van der Waals surface area contributed by atoms with Gasteiger partial charge in [-0.3, -0.25) is 4.98 Å². The van der Waals surface area contributed by atoms with Crippen LogP contribution < -0.4 is 0 Å². The number of hydrogen-bond acceptors (Lipinski definition) is 3. The second kappa shape index (κ2) is 5.07. The molecule has 1 rings (SSSR count). The first-order valence-corrected chi connectivity index (χ1v) is 6.60. The van der Waals surface area contributed by atoms with Crippen LogP contribution in [0.5, 0.6) is 0 Å². The minimum atomic E-state index is -3.06. The van der Waals surface area contributed by atoms with Gasteiger partial charge in [-0.2, -0.15) is 0 Å². The summed E-state index contributed by atoms with van der Waals surface area (Å²) in [4.78, 5) is 4.16. The Balaban J connectivity index is 2.77. The van der Waals surface area contributed by atoms with Crippen molar-refractivity contribution < 1.29 is 8.42 Å². The first-order valence-electron chi connectivity index (χ1n) is 4.77. The van der Waals surface area contributed by atoms with Gasteiger partial charge in [-0.15, -0.1) is 0 Å². The molecule has 0 fully saturated rings. The van der Waals surface area contributed by atoms with Gasteiger partial charge >= 0.3 is 0 Å². The highest BCUT2D eigenvalue weighted by atomic mass is 32.2. The lowest BCUT2D eigenvalue weighted by atomic mass is 10.3. The van der Waals surface area contributed by atoms with Crippen LogP contribution in [0.25, 0.3) is 0 Å². The number of sulfone groups is 1. The average Bonchev–Trinajstić information content (AvgIpc) is 2.14. The molecular weight excluding hydrogens is 210 g/mol. The van der Waals surface area contributed by atoms with E-state index in [1.165, 1.54) is 0 Å². The van der Waals surface area contributed by atoms with Crippen molar-refractivity contribution in [2.75, 3.05) is 5.75 Å². The Bertz CT molecular complexity index is 449. The van der Waals surface area contributed by atoms with Crippen molar-refractivity contribution in [2.24, 2.45) is 0 Å². The molecule has 0 aliphatic heterocycles. The van der Waals surface area contributed by atoms with Crippen molar-refractivity contribution in [1.29, 1.82) is 0 Å². The molecule has 82 valence electrons. The Hall–Kier alpha value is -1.16. The summed E-state index contributed by atoms with van der Waals surface area (Å²) in [5, 5.41) is 0. The Kier molecular flexibility index (Phi) is 4.03. The number of rotatable bonds is 4. The molecule has 0 aliphatic carbocycles. The summed E-state index contributed by atoms with van der Waals surface area (Å²) in [6, 6.07) is 5.41. The van der Waals surface area contributed by atoms with E-state index in [1.807, 2.05) is 19.1 Å². The third-order valence-electron chi connectivity index (χ3n) is 1.90. The van der Waals surface area contributed by atoms with Gasteiger partial charge in [0.2, 0.25) is 0 Å².